The lowest BCUT2D eigenvalue weighted by Crippen LogP contribution is -2.15. The standard InChI is InChI=1S/C33H32N2O5/c1-4-5-18-40-33(39)29-17-13-26(19-22(29)3)32(38)34-27-14-6-21(2)30(20-27)35-31(37)25-9-7-23(8-10-25)24-11-15-28(36)16-12-24/h6-17,19-20,36H,4-5,18H2,1-3H3,(H,34,38)(H,35,37). The van der Waals surface area contributed by atoms with E-state index in [1.165, 1.54) is 0 Å². The number of hydrogen-bond acceptors (Lipinski definition) is 5. The number of ether oxygens (including phenoxy) is 1. The Morgan fingerprint density at radius 2 is 1.35 bits per heavy atom. The lowest BCUT2D eigenvalue weighted by molar-refractivity contribution is 0.0498. The van der Waals surface area contributed by atoms with Crippen molar-refractivity contribution >= 4 is 29.2 Å². The van der Waals surface area contributed by atoms with Crippen molar-refractivity contribution < 1.29 is 24.2 Å². The van der Waals surface area contributed by atoms with Crippen LogP contribution in [0.15, 0.2) is 84.9 Å². The molecule has 0 radical (unpaired) electrons. The Labute approximate surface area is 233 Å². The molecule has 0 saturated carbocycles. The minimum atomic E-state index is -0.396. The van der Waals surface area contributed by atoms with E-state index in [0.717, 1.165) is 29.5 Å². The number of amides is 2. The monoisotopic (exact) mass is 536 g/mol. The number of unbranched alkanes of at least 4 members (excludes halogenated alkanes) is 1. The van der Waals surface area contributed by atoms with Gasteiger partial charge in [0, 0.05) is 22.5 Å². The molecule has 0 aliphatic heterocycles. The summed E-state index contributed by atoms with van der Waals surface area (Å²) in [6.45, 7) is 6.03. The van der Waals surface area contributed by atoms with E-state index in [0.29, 0.717) is 40.2 Å². The molecule has 204 valence electrons. The molecule has 3 N–H and O–H groups in total. The lowest BCUT2D eigenvalue weighted by atomic mass is 10.0. The van der Waals surface area contributed by atoms with E-state index in [-0.39, 0.29) is 17.6 Å². The maximum atomic E-state index is 13.0. The summed E-state index contributed by atoms with van der Waals surface area (Å²) in [7, 11) is 0. The fourth-order valence-electron chi connectivity index (χ4n) is 4.12. The quantitative estimate of drug-likeness (QED) is 0.156. The Balaban J connectivity index is 1.42. The molecule has 2 amide bonds. The number of aryl methyl sites for hydroxylation is 2. The van der Waals surface area contributed by atoms with Gasteiger partial charge in [0.25, 0.3) is 11.8 Å². The third-order valence-electron chi connectivity index (χ3n) is 6.53. The molecule has 7 heteroatoms. The number of esters is 1. The van der Waals surface area contributed by atoms with Crippen LogP contribution in [-0.4, -0.2) is 29.5 Å². The van der Waals surface area contributed by atoms with Crippen LogP contribution in [0.4, 0.5) is 11.4 Å². The summed E-state index contributed by atoms with van der Waals surface area (Å²) in [6.07, 6.45) is 1.74. The van der Waals surface area contributed by atoms with E-state index in [1.54, 1.807) is 61.5 Å². The van der Waals surface area contributed by atoms with Gasteiger partial charge in [-0.3, -0.25) is 9.59 Å². The maximum Gasteiger partial charge on any atom is 0.338 e. The third kappa shape index (κ3) is 6.94. The van der Waals surface area contributed by atoms with Gasteiger partial charge in [-0.2, -0.15) is 0 Å². The number of carbonyl (C=O) groups is 3. The number of phenols is 1. The Hall–Kier alpha value is -4.91. The number of rotatable bonds is 9. The van der Waals surface area contributed by atoms with Crippen LogP contribution in [0.3, 0.4) is 0 Å². The highest BCUT2D eigenvalue weighted by Crippen LogP contribution is 2.25. The van der Waals surface area contributed by atoms with Crippen molar-refractivity contribution in [3.8, 4) is 16.9 Å². The second-order valence-electron chi connectivity index (χ2n) is 9.58. The molecule has 0 spiro atoms. The minimum Gasteiger partial charge on any atom is -0.508 e. The summed E-state index contributed by atoms with van der Waals surface area (Å²) < 4.78 is 5.28. The van der Waals surface area contributed by atoms with E-state index in [2.05, 4.69) is 10.6 Å². The molecule has 0 unspecified atom stereocenters. The molecule has 4 rings (SSSR count). The molecule has 7 nitrogen and oxygen atoms in total. The number of hydrogen-bond donors (Lipinski definition) is 3. The van der Waals surface area contributed by atoms with E-state index in [9.17, 15) is 19.5 Å². The number of nitrogens with one attached hydrogen (secondary N) is 2. The van der Waals surface area contributed by atoms with Gasteiger partial charge in [0.2, 0.25) is 0 Å². The smallest absolute Gasteiger partial charge is 0.338 e. The average Bonchev–Trinajstić information content (AvgIpc) is 2.95. The molecule has 0 heterocycles. The van der Waals surface area contributed by atoms with Gasteiger partial charge < -0.3 is 20.5 Å². The van der Waals surface area contributed by atoms with Crippen molar-refractivity contribution in [2.24, 2.45) is 0 Å². The van der Waals surface area contributed by atoms with Gasteiger partial charge in [-0.05, 0) is 97.1 Å². The molecule has 4 aromatic carbocycles. The summed E-state index contributed by atoms with van der Waals surface area (Å²) in [5.41, 5.74) is 5.78. The van der Waals surface area contributed by atoms with Gasteiger partial charge in [-0.25, -0.2) is 4.79 Å². The number of benzene rings is 4. The van der Waals surface area contributed by atoms with Crippen molar-refractivity contribution in [1.29, 1.82) is 0 Å². The summed E-state index contributed by atoms with van der Waals surface area (Å²) in [6, 6.07) is 24.2. The Morgan fingerprint density at radius 1 is 0.725 bits per heavy atom. The van der Waals surface area contributed by atoms with Gasteiger partial charge in [0.05, 0.1) is 12.2 Å². The van der Waals surface area contributed by atoms with Crippen LogP contribution in [0.5, 0.6) is 5.75 Å². The predicted molar refractivity (Wildman–Crippen MR) is 157 cm³/mol. The van der Waals surface area contributed by atoms with E-state index < -0.39 is 5.97 Å². The SMILES string of the molecule is CCCCOC(=O)c1ccc(C(=O)Nc2ccc(C)c(NC(=O)c3ccc(-c4ccc(O)cc4)cc3)c2)cc1C. The molecule has 0 bridgehead atoms. The van der Waals surface area contributed by atoms with E-state index in [4.69, 9.17) is 4.74 Å². The fourth-order valence-corrected chi connectivity index (χ4v) is 4.12. The summed E-state index contributed by atoms with van der Waals surface area (Å²) in [5.74, 6) is -0.811. The summed E-state index contributed by atoms with van der Waals surface area (Å²) >= 11 is 0. The molecule has 0 atom stereocenters. The number of aromatic hydroxyl groups is 1. The molecule has 0 aliphatic carbocycles. The molecule has 0 saturated heterocycles. The van der Waals surface area contributed by atoms with Crippen molar-refractivity contribution in [3.05, 3.63) is 113 Å². The Morgan fingerprint density at radius 3 is 2.00 bits per heavy atom. The largest absolute Gasteiger partial charge is 0.508 e. The molecule has 0 aliphatic rings. The highest BCUT2D eigenvalue weighted by atomic mass is 16.5. The molecule has 0 aromatic heterocycles. The highest BCUT2D eigenvalue weighted by Gasteiger charge is 2.15. The summed E-state index contributed by atoms with van der Waals surface area (Å²) in [4.78, 5) is 38.2. The molecular formula is C33H32N2O5. The minimum absolute atomic E-state index is 0.196. The van der Waals surface area contributed by atoms with Crippen LogP contribution in [-0.2, 0) is 4.74 Å². The van der Waals surface area contributed by atoms with Gasteiger partial charge >= 0.3 is 5.97 Å². The molecule has 40 heavy (non-hydrogen) atoms. The van der Waals surface area contributed by atoms with Crippen molar-refractivity contribution in [2.75, 3.05) is 17.2 Å². The average molecular weight is 537 g/mol. The zero-order chi connectivity index (χ0) is 28.6. The molecule has 4 aromatic rings. The number of carbonyl (C=O) groups excluding carboxylic acids is 3. The normalized spacial score (nSPS) is 10.6. The lowest BCUT2D eigenvalue weighted by Gasteiger charge is -2.13. The first-order valence-electron chi connectivity index (χ1n) is 13.2. The summed E-state index contributed by atoms with van der Waals surface area (Å²) in [5, 5.41) is 15.3. The first-order chi connectivity index (χ1) is 19.2. The van der Waals surface area contributed by atoms with E-state index >= 15 is 0 Å². The van der Waals surface area contributed by atoms with Gasteiger partial charge in [0.15, 0.2) is 0 Å². The number of anilines is 2. The van der Waals surface area contributed by atoms with Crippen molar-refractivity contribution in [1.82, 2.24) is 0 Å². The zero-order valence-electron chi connectivity index (χ0n) is 22.8. The van der Waals surface area contributed by atoms with Crippen LogP contribution in [0.25, 0.3) is 11.1 Å². The molecule has 0 fully saturated rings. The van der Waals surface area contributed by atoms with Crippen LogP contribution < -0.4 is 10.6 Å². The Kier molecular flexibility index (Phi) is 8.96. The second-order valence-corrected chi connectivity index (χ2v) is 9.58. The first kappa shape index (κ1) is 28.1. The van der Waals surface area contributed by atoms with Gasteiger partial charge in [-0.1, -0.05) is 43.7 Å². The zero-order valence-corrected chi connectivity index (χ0v) is 22.8. The topological polar surface area (TPSA) is 105 Å². The van der Waals surface area contributed by atoms with Crippen LogP contribution in [0.1, 0.15) is 62.0 Å². The molecular weight excluding hydrogens is 504 g/mol. The Bertz CT molecular complexity index is 1530. The third-order valence-corrected chi connectivity index (χ3v) is 6.53. The van der Waals surface area contributed by atoms with Crippen molar-refractivity contribution in [3.63, 3.8) is 0 Å². The number of phenolic OH excluding ortho intramolecular Hbond substituents is 1. The maximum absolute atomic E-state index is 13.0. The van der Waals surface area contributed by atoms with Gasteiger partial charge in [0.1, 0.15) is 5.75 Å². The van der Waals surface area contributed by atoms with Crippen LogP contribution in [0.2, 0.25) is 0 Å². The van der Waals surface area contributed by atoms with Crippen LogP contribution in [0, 0.1) is 13.8 Å². The second kappa shape index (κ2) is 12.8. The van der Waals surface area contributed by atoms with Crippen molar-refractivity contribution in [2.45, 2.75) is 33.6 Å². The fraction of sp³-hybridized carbons (Fsp3) is 0.182. The van der Waals surface area contributed by atoms with Crippen LogP contribution >= 0.6 is 0 Å². The predicted octanol–water partition coefficient (Wildman–Crippen LogP) is 7.14. The highest BCUT2D eigenvalue weighted by molar-refractivity contribution is 6.07. The first-order valence-corrected chi connectivity index (χ1v) is 13.2. The van der Waals surface area contributed by atoms with E-state index in [1.807, 2.05) is 44.2 Å². The van der Waals surface area contributed by atoms with Gasteiger partial charge in [-0.15, -0.1) is 0 Å².